The summed E-state index contributed by atoms with van der Waals surface area (Å²) in [6.45, 7) is 1.23. The van der Waals surface area contributed by atoms with Crippen LogP contribution >= 0.6 is 11.3 Å². The van der Waals surface area contributed by atoms with Crippen LogP contribution in [0.15, 0.2) is 24.3 Å². The van der Waals surface area contributed by atoms with E-state index < -0.39 is 0 Å². The third-order valence-corrected chi connectivity index (χ3v) is 6.91. The van der Waals surface area contributed by atoms with Crippen LogP contribution in [0.25, 0.3) is 0 Å². The Balaban J connectivity index is 1.33. The highest BCUT2D eigenvalue weighted by Gasteiger charge is 2.29. The van der Waals surface area contributed by atoms with E-state index in [0.717, 1.165) is 17.8 Å². The second-order valence-electron chi connectivity index (χ2n) is 7.78. The minimum absolute atomic E-state index is 0.0291. The van der Waals surface area contributed by atoms with Gasteiger partial charge in [-0.2, -0.15) is 0 Å². The Kier molecular flexibility index (Phi) is 6.03. The molecule has 2 heterocycles. The standard InChI is InChI=1S/C20H25N5O3S/c26-18(21-20-23-22-19(29-20)15-6-2-1-3-7-15)14-10-12-24(13-11-14)16-8-4-5-9-17(16)25(27)28/h4-5,8-9,14-15H,1-3,6-7,10-13H2,(H,21,23,26). The zero-order valence-electron chi connectivity index (χ0n) is 16.2. The average Bonchev–Trinajstić information content (AvgIpc) is 3.23. The average molecular weight is 416 g/mol. The number of nitro groups is 1. The predicted molar refractivity (Wildman–Crippen MR) is 112 cm³/mol. The van der Waals surface area contributed by atoms with Crippen molar-refractivity contribution in [1.82, 2.24) is 10.2 Å². The van der Waals surface area contributed by atoms with E-state index in [1.54, 1.807) is 18.2 Å². The number of para-hydroxylation sites is 2. The Labute approximate surface area is 173 Å². The Morgan fingerprint density at radius 1 is 1.10 bits per heavy atom. The fourth-order valence-corrected chi connectivity index (χ4v) is 5.19. The van der Waals surface area contributed by atoms with Crippen molar-refractivity contribution in [2.45, 2.75) is 50.9 Å². The van der Waals surface area contributed by atoms with E-state index in [9.17, 15) is 14.9 Å². The second-order valence-corrected chi connectivity index (χ2v) is 8.79. The number of carbonyl (C=O) groups is 1. The molecule has 1 saturated carbocycles. The Morgan fingerprint density at radius 2 is 1.83 bits per heavy atom. The summed E-state index contributed by atoms with van der Waals surface area (Å²) in [5.74, 6) is 0.339. The summed E-state index contributed by atoms with van der Waals surface area (Å²) in [4.78, 5) is 25.6. The van der Waals surface area contributed by atoms with Gasteiger partial charge < -0.3 is 10.2 Å². The summed E-state index contributed by atoms with van der Waals surface area (Å²) in [7, 11) is 0. The Hall–Kier alpha value is -2.55. The predicted octanol–water partition coefficient (Wildman–Crippen LogP) is 4.35. The molecule has 1 amide bonds. The highest BCUT2D eigenvalue weighted by atomic mass is 32.1. The molecular weight excluding hydrogens is 390 g/mol. The summed E-state index contributed by atoms with van der Waals surface area (Å²) in [6.07, 6.45) is 7.41. The van der Waals surface area contributed by atoms with Crippen molar-refractivity contribution in [3.05, 3.63) is 39.4 Å². The van der Waals surface area contributed by atoms with Crippen molar-refractivity contribution in [3.8, 4) is 0 Å². The molecule has 1 aliphatic heterocycles. The topological polar surface area (TPSA) is 101 Å². The number of hydrogen-bond donors (Lipinski definition) is 1. The van der Waals surface area contributed by atoms with Gasteiger partial charge in [0.15, 0.2) is 0 Å². The number of aromatic nitrogens is 2. The summed E-state index contributed by atoms with van der Waals surface area (Å²) in [6, 6.07) is 6.77. The fraction of sp³-hybridized carbons (Fsp3) is 0.550. The van der Waals surface area contributed by atoms with Crippen LogP contribution in [0.3, 0.4) is 0 Å². The molecule has 0 spiro atoms. The van der Waals surface area contributed by atoms with Crippen LogP contribution in [0.2, 0.25) is 0 Å². The normalized spacial score (nSPS) is 18.6. The van der Waals surface area contributed by atoms with Gasteiger partial charge in [0.25, 0.3) is 5.69 Å². The molecule has 1 saturated heterocycles. The quantitative estimate of drug-likeness (QED) is 0.575. The van der Waals surface area contributed by atoms with Crippen LogP contribution in [0.4, 0.5) is 16.5 Å². The first-order valence-electron chi connectivity index (χ1n) is 10.2. The minimum Gasteiger partial charge on any atom is -0.366 e. The SMILES string of the molecule is O=C(Nc1nnc(C2CCCCC2)s1)C1CCN(c2ccccc2[N+](=O)[O-])CC1. The van der Waals surface area contributed by atoms with Gasteiger partial charge in [0, 0.05) is 31.0 Å². The van der Waals surface area contributed by atoms with Gasteiger partial charge >= 0.3 is 0 Å². The van der Waals surface area contributed by atoms with Crippen molar-refractivity contribution in [1.29, 1.82) is 0 Å². The fourth-order valence-electron chi connectivity index (χ4n) is 4.28. The molecule has 2 aliphatic rings. The van der Waals surface area contributed by atoms with E-state index in [-0.39, 0.29) is 22.4 Å². The number of hydrogen-bond acceptors (Lipinski definition) is 7. The number of amides is 1. The minimum atomic E-state index is -0.354. The van der Waals surface area contributed by atoms with Gasteiger partial charge in [-0.3, -0.25) is 14.9 Å². The molecule has 1 aromatic heterocycles. The van der Waals surface area contributed by atoms with Crippen molar-refractivity contribution in [2.24, 2.45) is 5.92 Å². The lowest BCUT2D eigenvalue weighted by Gasteiger charge is -2.32. The van der Waals surface area contributed by atoms with E-state index in [1.807, 2.05) is 4.90 Å². The summed E-state index contributed by atoms with van der Waals surface area (Å²) in [5, 5.41) is 24.3. The molecule has 0 unspecified atom stereocenters. The number of nitrogens with zero attached hydrogens (tertiary/aromatic N) is 4. The lowest BCUT2D eigenvalue weighted by Crippen LogP contribution is -2.38. The van der Waals surface area contributed by atoms with Crippen LogP contribution < -0.4 is 10.2 Å². The largest absolute Gasteiger partial charge is 0.366 e. The van der Waals surface area contributed by atoms with Gasteiger partial charge in [-0.15, -0.1) is 10.2 Å². The molecular formula is C20H25N5O3S. The van der Waals surface area contributed by atoms with E-state index >= 15 is 0 Å². The van der Waals surface area contributed by atoms with E-state index in [2.05, 4.69) is 15.5 Å². The number of nitro benzene ring substituents is 1. The lowest BCUT2D eigenvalue weighted by atomic mass is 9.90. The Bertz CT molecular complexity index is 873. The number of anilines is 2. The van der Waals surface area contributed by atoms with Gasteiger partial charge in [0.1, 0.15) is 10.7 Å². The molecule has 1 aliphatic carbocycles. The van der Waals surface area contributed by atoms with Crippen LogP contribution in [0, 0.1) is 16.0 Å². The molecule has 1 aromatic carbocycles. The second kappa shape index (κ2) is 8.86. The zero-order valence-corrected chi connectivity index (χ0v) is 17.1. The van der Waals surface area contributed by atoms with Crippen LogP contribution in [-0.2, 0) is 4.79 Å². The molecule has 9 heteroatoms. The zero-order chi connectivity index (χ0) is 20.2. The smallest absolute Gasteiger partial charge is 0.292 e. The van der Waals surface area contributed by atoms with Crippen LogP contribution in [0.5, 0.6) is 0 Å². The lowest BCUT2D eigenvalue weighted by molar-refractivity contribution is -0.384. The highest BCUT2D eigenvalue weighted by Crippen LogP contribution is 2.36. The number of benzene rings is 1. The number of carbonyl (C=O) groups excluding carboxylic acids is 1. The molecule has 8 nitrogen and oxygen atoms in total. The van der Waals surface area contributed by atoms with Gasteiger partial charge in [-0.05, 0) is 31.7 Å². The maximum Gasteiger partial charge on any atom is 0.292 e. The summed E-state index contributed by atoms with van der Waals surface area (Å²) < 4.78 is 0. The molecule has 2 aromatic rings. The molecule has 29 heavy (non-hydrogen) atoms. The van der Waals surface area contributed by atoms with Gasteiger partial charge in [-0.25, -0.2) is 0 Å². The maximum absolute atomic E-state index is 12.7. The number of nitrogens with one attached hydrogen (secondary N) is 1. The first-order valence-corrected chi connectivity index (χ1v) is 11.1. The Morgan fingerprint density at radius 3 is 2.55 bits per heavy atom. The van der Waals surface area contributed by atoms with Gasteiger partial charge in [-0.1, -0.05) is 42.7 Å². The summed E-state index contributed by atoms with van der Waals surface area (Å²) in [5.41, 5.74) is 0.733. The molecule has 0 radical (unpaired) electrons. The third kappa shape index (κ3) is 4.55. The molecule has 1 N–H and O–H groups in total. The molecule has 0 atom stereocenters. The van der Waals surface area contributed by atoms with E-state index in [0.29, 0.717) is 42.7 Å². The van der Waals surface area contributed by atoms with Crippen molar-refractivity contribution in [3.63, 3.8) is 0 Å². The molecule has 154 valence electrons. The van der Waals surface area contributed by atoms with Gasteiger partial charge in [0.2, 0.25) is 11.0 Å². The summed E-state index contributed by atoms with van der Waals surface area (Å²) >= 11 is 1.49. The van der Waals surface area contributed by atoms with Crippen LogP contribution in [0.1, 0.15) is 55.9 Å². The monoisotopic (exact) mass is 415 g/mol. The third-order valence-electron chi connectivity index (χ3n) is 5.91. The van der Waals surface area contributed by atoms with Crippen molar-refractivity contribution in [2.75, 3.05) is 23.3 Å². The molecule has 0 bridgehead atoms. The van der Waals surface area contributed by atoms with E-state index in [1.165, 1.54) is 36.7 Å². The first kappa shape index (κ1) is 19.8. The van der Waals surface area contributed by atoms with Gasteiger partial charge in [0.05, 0.1) is 4.92 Å². The number of rotatable bonds is 5. The maximum atomic E-state index is 12.7. The van der Waals surface area contributed by atoms with Crippen LogP contribution in [-0.4, -0.2) is 34.1 Å². The first-order chi connectivity index (χ1) is 14.1. The molecule has 4 rings (SSSR count). The van der Waals surface area contributed by atoms with Crippen molar-refractivity contribution < 1.29 is 9.72 Å². The number of piperidine rings is 1. The van der Waals surface area contributed by atoms with Crippen molar-refractivity contribution >= 4 is 33.8 Å². The van der Waals surface area contributed by atoms with E-state index in [4.69, 9.17) is 0 Å². The highest BCUT2D eigenvalue weighted by molar-refractivity contribution is 7.15. The molecule has 2 fully saturated rings.